The molecule has 1 fully saturated rings. The van der Waals surface area contributed by atoms with Crippen molar-refractivity contribution in [2.45, 2.75) is 27.7 Å². The molecule has 1 saturated heterocycles. The average Bonchev–Trinajstić information content (AvgIpc) is 2.00. The molecule has 1 heterocycles. The predicted molar refractivity (Wildman–Crippen MR) is 59.2 cm³/mol. The van der Waals surface area contributed by atoms with Crippen LogP contribution in [0.3, 0.4) is 0 Å². The summed E-state index contributed by atoms with van der Waals surface area (Å²) in [5.41, 5.74) is 0.482. The molecule has 2 nitrogen and oxygen atoms in total. The molecule has 0 radical (unpaired) electrons. The van der Waals surface area contributed by atoms with E-state index in [9.17, 15) is 4.79 Å². The summed E-state index contributed by atoms with van der Waals surface area (Å²) in [6.07, 6.45) is 3.70. The van der Waals surface area contributed by atoms with Gasteiger partial charge in [0.15, 0.2) is 5.78 Å². The largest absolute Gasteiger partial charge is 0.299 e. The zero-order valence-corrected chi connectivity index (χ0v) is 9.71. The van der Waals surface area contributed by atoms with Crippen LogP contribution in [0.2, 0.25) is 0 Å². The lowest BCUT2D eigenvalue weighted by Gasteiger charge is -2.45. The zero-order chi connectivity index (χ0) is 10.8. The van der Waals surface area contributed by atoms with Gasteiger partial charge < -0.3 is 0 Å². The van der Waals surface area contributed by atoms with Gasteiger partial charge in [0.1, 0.15) is 0 Å². The monoisotopic (exact) mass is 195 g/mol. The topological polar surface area (TPSA) is 20.3 Å². The second-order valence-electron chi connectivity index (χ2n) is 5.29. The summed E-state index contributed by atoms with van der Waals surface area (Å²) in [5.74, 6) is 0.351. The Labute approximate surface area is 87.0 Å². The molecule has 0 bridgehead atoms. The molecule has 0 N–H and O–H groups in total. The number of likely N-dealkylation sites (tertiary alicyclic amines) is 1. The van der Waals surface area contributed by atoms with Crippen molar-refractivity contribution in [1.29, 1.82) is 0 Å². The van der Waals surface area contributed by atoms with Gasteiger partial charge in [0.05, 0.1) is 0 Å². The lowest BCUT2D eigenvalue weighted by molar-refractivity contribution is -0.117. The molecule has 0 saturated carbocycles. The van der Waals surface area contributed by atoms with E-state index >= 15 is 0 Å². The molecule has 0 amide bonds. The van der Waals surface area contributed by atoms with Gasteiger partial charge in [-0.25, -0.2) is 0 Å². The molecule has 1 aliphatic rings. The highest BCUT2D eigenvalue weighted by Crippen LogP contribution is 2.27. The Hall–Kier alpha value is -0.630. The molecule has 80 valence electrons. The summed E-state index contributed by atoms with van der Waals surface area (Å²) in [7, 11) is 0. The van der Waals surface area contributed by atoms with E-state index in [1.807, 2.05) is 19.9 Å². The van der Waals surface area contributed by atoms with Gasteiger partial charge in [-0.1, -0.05) is 33.8 Å². The number of ketones is 1. The predicted octanol–water partition coefficient (Wildman–Crippen LogP) is 2.11. The quantitative estimate of drug-likeness (QED) is 0.640. The number of nitrogens with zero attached hydrogens (tertiary/aromatic N) is 1. The zero-order valence-electron chi connectivity index (χ0n) is 9.71. The second kappa shape index (κ2) is 4.26. The van der Waals surface area contributed by atoms with Crippen LogP contribution in [0.15, 0.2) is 12.2 Å². The maximum Gasteiger partial charge on any atom is 0.157 e. The first kappa shape index (κ1) is 11.4. The van der Waals surface area contributed by atoms with Gasteiger partial charge in [-0.05, 0) is 11.5 Å². The van der Waals surface area contributed by atoms with Crippen molar-refractivity contribution in [2.75, 3.05) is 19.6 Å². The van der Waals surface area contributed by atoms with Crippen LogP contribution in [-0.4, -0.2) is 30.3 Å². The maximum atomic E-state index is 11.3. The number of rotatable bonds is 4. The Morgan fingerprint density at radius 1 is 1.43 bits per heavy atom. The first-order valence-electron chi connectivity index (χ1n) is 5.33. The van der Waals surface area contributed by atoms with Crippen molar-refractivity contribution in [2.24, 2.45) is 11.3 Å². The minimum absolute atomic E-state index is 0.124. The fourth-order valence-electron chi connectivity index (χ4n) is 1.80. The maximum absolute atomic E-state index is 11.3. The van der Waals surface area contributed by atoms with Gasteiger partial charge in [0.2, 0.25) is 0 Å². The second-order valence-corrected chi connectivity index (χ2v) is 5.29. The highest BCUT2D eigenvalue weighted by atomic mass is 16.1. The van der Waals surface area contributed by atoms with E-state index < -0.39 is 0 Å². The first-order valence-corrected chi connectivity index (χ1v) is 5.33. The minimum Gasteiger partial charge on any atom is -0.299 e. The Morgan fingerprint density at radius 3 is 2.43 bits per heavy atom. The van der Waals surface area contributed by atoms with Crippen LogP contribution in [0.4, 0.5) is 0 Å². The van der Waals surface area contributed by atoms with E-state index in [1.54, 1.807) is 6.08 Å². The van der Waals surface area contributed by atoms with Gasteiger partial charge >= 0.3 is 0 Å². The smallest absolute Gasteiger partial charge is 0.157 e. The summed E-state index contributed by atoms with van der Waals surface area (Å²) in [6, 6.07) is 0. The molecule has 0 aromatic heterocycles. The number of carbonyl (C=O) groups excluding carboxylic acids is 1. The molecule has 1 rings (SSSR count). The summed E-state index contributed by atoms with van der Waals surface area (Å²) < 4.78 is 0. The normalized spacial score (nSPS) is 21.5. The SMILES string of the molecule is CC(C)C(=O)/C=C/CN1CC(C)(C)C1. The fourth-order valence-corrected chi connectivity index (χ4v) is 1.80. The van der Waals surface area contributed by atoms with Crippen molar-refractivity contribution < 1.29 is 4.79 Å². The van der Waals surface area contributed by atoms with Gasteiger partial charge in [-0.15, -0.1) is 0 Å². The average molecular weight is 195 g/mol. The summed E-state index contributed by atoms with van der Waals surface area (Å²) in [4.78, 5) is 13.6. The molecule has 0 aromatic carbocycles. The Morgan fingerprint density at radius 2 is 2.00 bits per heavy atom. The highest BCUT2D eigenvalue weighted by molar-refractivity contribution is 5.91. The molecule has 0 atom stereocenters. The molecule has 2 heteroatoms. The van der Waals surface area contributed by atoms with Gasteiger partial charge in [0.25, 0.3) is 0 Å². The van der Waals surface area contributed by atoms with Crippen LogP contribution in [0, 0.1) is 11.3 Å². The van der Waals surface area contributed by atoms with Crippen LogP contribution in [-0.2, 0) is 4.79 Å². The van der Waals surface area contributed by atoms with E-state index in [4.69, 9.17) is 0 Å². The molecule has 0 spiro atoms. The molecule has 0 unspecified atom stereocenters. The molecular formula is C12H21NO. The number of hydrogen-bond donors (Lipinski definition) is 0. The van der Waals surface area contributed by atoms with Crippen molar-refractivity contribution >= 4 is 5.78 Å². The molecule has 1 aliphatic heterocycles. The van der Waals surface area contributed by atoms with Crippen LogP contribution in [0.5, 0.6) is 0 Å². The van der Waals surface area contributed by atoms with Gasteiger partial charge in [0, 0.05) is 25.6 Å². The molecule has 0 aliphatic carbocycles. The van der Waals surface area contributed by atoms with Gasteiger partial charge in [-0.2, -0.15) is 0 Å². The van der Waals surface area contributed by atoms with Crippen molar-refractivity contribution in [3.05, 3.63) is 12.2 Å². The third kappa shape index (κ3) is 3.26. The van der Waals surface area contributed by atoms with Crippen LogP contribution in [0.1, 0.15) is 27.7 Å². The number of hydrogen-bond acceptors (Lipinski definition) is 2. The first-order chi connectivity index (χ1) is 6.41. The van der Waals surface area contributed by atoms with E-state index in [1.165, 1.54) is 0 Å². The Bertz CT molecular complexity index is 233. The summed E-state index contributed by atoms with van der Waals surface area (Å²) in [5, 5.41) is 0. The fraction of sp³-hybridized carbons (Fsp3) is 0.750. The van der Waals surface area contributed by atoms with Crippen LogP contribution < -0.4 is 0 Å². The molecule has 14 heavy (non-hydrogen) atoms. The summed E-state index contributed by atoms with van der Waals surface area (Å²) >= 11 is 0. The number of carbonyl (C=O) groups is 1. The van der Waals surface area contributed by atoms with Crippen LogP contribution in [0.25, 0.3) is 0 Å². The number of allylic oxidation sites excluding steroid dienone is 1. The lowest BCUT2D eigenvalue weighted by atomic mass is 9.84. The van der Waals surface area contributed by atoms with E-state index in [2.05, 4.69) is 18.7 Å². The third-order valence-corrected chi connectivity index (χ3v) is 2.52. The lowest BCUT2D eigenvalue weighted by Crippen LogP contribution is -2.52. The third-order valence-electron chi connectivity index (χ3n) is 2.52. The Kier molecular flexibility index (Phi) is 3.48. The van der Waals surface area contributed by atoms with E-state index in [0.29, 0.717) is 5.41 Å². The minimum atomic E-state index is 0.124. The van der Waals surface area contributed by atoms with E-state index in [0.717, 1.165) is 19.6 Å². The Balaban J connectivity index is 2.19. The van der Waals surface area contributed by atoms with Crippen molar-refractivity contribution in [3.63, 3.8) is 0 Å². The van der Waals surface area contributed by atoms with Crippen molar-refractivity contribution in [1.82, 2.24) is 4.90 Å². The van der Waals surface area contributed by atoms with E-state index in [-0.39, 0.29) is 11.7 Å². The van der Waals surface area contributed by atoms with Crippen molar-refractivity contribution in [3.8, 4) is 0 Å². The standard InChI is InChI=1S/C12H21NO/c1-10(2)11(14)6-5-7-13-8-12(3,4)9-13/h5-6,10H,7-9H2,1-4H3/b6-5+. The molecular weight excluding hydrogens is 174 g/mol. The summed E-state index contributed by atoms with van der Waals surface area (Å²) in [6.45, 7) is 11.6. The molecule has 0 aromatic rings. The van der Waals surface area contributed by atoms with Crippen LogP contribution >= 0.6 is 0 Å². The highest BCUT2D eigenvalue weighted by Gasteiger charge is 2.32. The van der Waals surface area contributed by atoms with Gasteiger partial charge in [-0.3, -0.25) is 9.69 Å².